The summed E-state index contributed by atoms with van der Waals surface area (Å²) in [5, 5.41) is 10.2. The summed E-state index contributed by atoms with van der Waals surface area (Å²) < 4.78 is 15.0. The van der Waals surface area contributed by atoms with Gasteiger partial charge in [-0.15, -0.1) is 0 Å². The molecule has 2 aromatic carbocycles. The topological polar surface area (TPSA) is 104 Å². The molecule has 156 valence electrons. The lowest BCUT2D eigenvalue weighted by molar-refractivity contribution is -0.136. The van der Waals surface area contributed by atoms with Crippen molar-refractivity contribution in [2.24, 2.45) is 0 Å². The largest absolute Gasteiger partial charge is 0.481 e. The summed E-state index contributed by atoms with van der Waals surface area (Å²) in [6, 6.07) is 10.6. The summed E-state index contributed by atoms with van der Waals surface area (Å²) in [4.78, 5) is 48.4. The highest BCUT2D eigenvalue weighted by atomic mass is 79.9. The Labute approximate surface area is 183 Å². The number of nitrogens with zero attached hydrogens (tertiary/aromatic N) is 1. The second-order valence-electron chi connectivity index (χ2n) is 6.48. The van der Waals surface area contributed by atoms with Crippen LogP contribution in [-0.4, -0.2) is 39.9 Å². The highest BCUT2D eigenvalue weighted by molar-refractivity contribution is 9.10. The van der Waals surface area contributed by atoms with Crippen LogP contribution >= 0.6 is 27.7 Å². The number of hydrogen-bond acceptors (Lipinski definition) is 5. The number of anilines is 1. The summed E-state index contributed by atoms with van der Waals surface area (Å²) in [6.07, 6.45) is -0.118. The maximum atomic E-state index is 14.5. The third-order valence-corrected chi connectivity index (χ3v) is 5.83. The van der Waals surface area contributed by atoms with E-state index < -0.39 is 28.2 Å². The minimum atomic E-state index is -1.12. The Morgan fingerprint density at radius 1 is 1.20 bits per heavy atom. The van der Waals surface area contributed by atoms with Gasteiger partial charge in [-0.3, -0.25) is 24.5 Å². The van der Waals surface area contributed by atoms with E-state index in [1.807, 2.05) is 0 Å². The van der Waals surface area contributed by atoms with Crippen LogP contribution < -0.4 is 10.2 Å². The Hall–Kier alpha value is -2.72. The number of thioether (sulfide) groups is 1. The fourth-order valence-corrected chi connectivity index (χ4v) is 4.16. The number of nitrogens with one attached hydrogen (secondary N) is 1. The molecule has 10 heteroatoms. The van der Waals surface area contributed by atoms with Crippen LogP contribution in [0.15, 0.2) is 46.9 Å². The molecule has 0 saturated carbocycles. The van der Waals surface area contributed by atoms with Crippen molar-refractivity contribution in [3.05, 3.63) is 63.9 Å². The fourth-order valence-electron chi connectivity index (χ4n) is 2.97. The van der Waals surface area contributed by atoms with Gasteiger partial charge in [0.25, 0.3) is 11.1 Å². The van der Waals surface area contributed by atoms with Gasteiger partial charge in [-0.25, -0.2) is 4.39 Å². The molecule has 0 bridgehead atoms. The third kappa shape index (κ3) is 5.25. The predicted octanol–water partition coefficient (Wildman–Crippen LogP) is 3.60. The summed E-state index contributed by atoms with van der Waals surface area (Å²) in [5.41, 5.74) is 0.832. The van der Waals surface area contributed by atoms with Crippen LogP contribution in [0, 0.1) is 5.82 Å². The van der Waals surface area contributed by atoms with E-state index in [0.717, 1.165) is 16.7 Å². The summed E-state index contributed by atoms with van der Waals surface area (Å²) in [5.74, 6) is -2.74. The smallest absolute Gasteiger partial charge is 0.305 e. The first kappa shape index (κ1) is 22.0. The third-order valence-electron chi connectivity index (χ3n) is 4.36. The van der Waals surface area contributed by atoms with E-state index in [4.69, 9.17) is 5.11 Å². The molecule has 1 aliphatic heterocycles. The summed E-state index contributed by atoms with van der Waals surface area (Å²) >= 11 is 4.04. The predicted molar refractivity (Wildman–Crippen MR) is 113 cm³/mol. The lowest BCUT2D eigenvalue weighted by Crippen LogP contribution is -2.34. The number of amides is 3. The quantitative estimate of drug-likeness (QED) is 0.609. The van der Waals surface area contributed by atoms with Gasteiger partial charge in [0, 0.05) is 16.6 Å². The van der Waals surface area contributed by atoms with Crippen molar-refractivity contribution in [2.75, 3.05) is 11.4 Å². The second kappa shape index (κ2) is 9.40. The Morgan fingerprint density at radius 3 is 2.60 bits per heavy atom. The average Bonchev–Trinajstić information content (AvgIpc) is 3.00. The highest BCUT2D eigenvalue weighted by Gasteiger charge is 2.31. The van der Waals surface area contributed by atoms with Crippen LogP contribution in [0.3, 0.4) is 0 Å². The zero-order valence-electron chi connectivity index (χ0n) is 15.4. The number of aliphatic carboxylic acids is 1. The van der Waals surface area contributed by atoms with E-state index in [-0.39, 0.29) is 36.5 Å². The van der Waals surface area contributed by atoms with E-state index in [1.165, 1.54) is 18.2 Å². The number of carbonyl (C=O) groups is 4. The Balaban J connectivity index is 1.87. The number of rotatable bonds is 7. The minimum Gasteiger partial charge on any atom is -0.481 e. The lowest BCUT2D eigenvalue weighted by Gasteiger charge is -2.23. The van der Waals surface area contributed by atoms with Crippen LogP contribution in [0.5, 0.6) is 0 Å². The zero-order valence-corrected chi connectivity index (χ0v) is 17.8. The molecule has 1 heterocycles. The normalized spacial score (nSPS) is 15.7. The number of hydrogen-bond donors (Lipinski definition) is 2. The van der Waals surface area contributed by atoms with E-state index >= 15 is 0 Å². The standard InChI is InChI=1S/C20H16BrFN2O5S/c21-13-4-5-15(14(22)10-13)24(7-6-17(25)26)19(28)12-3-1-2-11(8-12)9-16-18(27)23-20(29)30-16/h1-5,8,10,16H,6-7,9H2,(H,25,26)(H,23,27,29). The van der Waals surface area contributed by atoms with E-state index in [1.54, 1.807) is 24.3 Å². The second-order valence-corrected chi connectivity index (χ2v) is 8.58. The molecule has 0 aromatic heterocycles. The van der Waals surface area contributed by atoms with Crippen LogP contribution in [0.4, 0.5) is 14.9 Å². The fraction of sp³-hybridized carbons (Fsp3) is 0.200. The monoisotopic (exact) mass is 494 g/mol. The maximum absolute atomic E-state index is 14.5. The van der Waals surface area contributed by atoms with Gasteiger partial charge in [-0.2, -0.15) is 0 Å². The van der Waals surface area contributed by atoms with Crippen molar-refractivity contribution >= 4 is 56.4 Å². The van der Waals surface area contributed by atoms with Gasteiger partial charge < -0.3 is 10.0 Å². The highest BCUT2D eigenvalue weighted by Crippen LogP contribution is 2.26. The van der Waals surface area contributed by atoms with Crippen LogP contribution in [0.1, 0.15) is 22.3 Å². The van der Waals surface area contributed by atoms with E-state index in [9.17, 15) is 23.6 Å². The molecule has 2 aromatic rings. The number of carboxylic acids is 1. The maximum Gasteiger partial charge on any atom is 0.305 e. The Kier molecular flexibility index (Phi) is 6.88. The van der Waals surface area contributed by atoms with Gasteiger partial charge in [-0.1, -0.05) is 39.8 Å². The number of halogens is 2. The molecule has 1 aliphatic rings. The summed E-state index contributed by atoms with van der Waals surface area (Å²) in [7, 11) is 0. The molecule has 2 N–H and O–H groups in total. The van der Waals surface area contributed by atoms with E-state index in [2.05, 4.69) is 21.2 Å². The van der Waals surface area contributed by atoms with Gasteiger partial charge in [-0.05, 0) is 42.3 Å². The van der Waals surface area contributed by atoms with Gasteiger partial charge >= 0.3 is 5.97 Å². The number of benzene rings is 2. The molecule has 1 fully saturated rings. The van der Waals surface area contributed by atoms with Crippen molar-refractivity contribution < 1.29 is 28.7 Å². The van der Waals surface area contributed by atoms with Crippen LogP contribution in [-0.2, 0) is 16.0 Å². The Bertz CT molecular complexity index is 1030. The lowest BCUT2D eigenvalue weighted by atomic mass is 10.0. The molecule has 0 radical (unpaired) electrons. The summed E-state index contributed by atoms with van der Waals surface area (Å²) in [6.45, 7) is -0.216. The van der Waals surface area contributed by atoms with Crippen molar-refractivity contribution in [3.8, 4) is 0 Å². The first-order valence-electron chi connectivity index (χ1n) is 8.83. The van der Waals surface area contributed by atoms with Gasteiger partial charge in [0.05, 0.1) is 17.4 Å². The first-order valence-corrected chi connectivity index (χ1v) is 10.5. The molecule has 1 saturated heterocycles. The molecule has 1 unspecified atom stereocenters. The van der Waals surface area contributed by atoms with Crippen LogP contribution in [0.25, 0.3) is 0 Å². The van der Waals surface area contributed by atoms with Gasteiger partial charge in [0.15, 0.2) is 0 Å². The molecular formula is C20H16BrFN2O5S. The van der Waals surface area contributed by atoms with Crippen molar-refractivity contribution in [3.63, 3.8) is 0 Å². The molecule has 7 nitrogen and oxygen atoms in total. The molecular weight excluding hydrogens is 479 g/mol. The van der Waals surface area contributed by atoms with E-state index in [0.29, 0.717) is 10.0 Å². The molecule has 1 atom stereocenters. The molecule has 3 rings (SSSR count). The molecule has 0 spiro atoms. The molecule has 30 heavy (non-hydrogen) atoms. The van der Waals surface area contributed by atoms with Gasteiger partial charge in [0.2, 0.25) is 5.91 Å². The van der Waals surface area contributed by atoms with Crippen LogP contribution in [0.2, 0.25) is 0 Å². The van der Waals surface area contributed by atoms with Crippen molar-refractivity contribution in [1.82, 2.24) is 5.32 Å². The first-order chi connectivity index (χ1) is 14.2. The number of carboxylic acid groups (broad SMARTS) is 1. The average molecular weight is 495 g/mol. The zero-order chi connectivity index (χ0) is 21.8. The molecule has 3 amide bonds. The Morgan fingerprint density at radius 2 is 1.97 bits per heavy atom. The van der Waals surface area contributed by atoms with Crippen molar-refractivity contribution in [1.29, 1.82) is 0 Å². The molecule has 0 aliphatic carbocycles. The van der Waals surface area contributed by atoms with Gasteiger partial charge in [0.1, 0.15) is 5.82 Å². The number of carbonyl (C=O) groups excluding carboxylic acids is 3. The SMILES string of the molecule is O=C(O)CCN(C(=O)c1cccc(CC2SC(=O)NC2=O)c1)c1ccc(Br)cc1F. The minimum absolute atomic E-state index is 0.0359. The van der Waals surface area contributed by atoms with Crippen molar-refractivity contribution in [2.45, 2.75) is 18.1 Å². The number of imide groups is 1.